The van der Waals surface area contributed by atoms with Crippen LogP contribution in [0.4, 0.5) is 5.69 Å². The van der Waals surface area contributed by atoms with E-state index in [0.717, 1.165) is 10.2 Å². The van der Waals surface area contributed by atoms with Crippen LogP contribution in [0.3, 0.4) is 0 Å². The highest BCUT2D eigenvalue weighted by Gasteiger charge is 2.37. The predicted molar refractivity (Wildman–Crippen MR) is 110 cm³/mol. The van der Waals surface area contributed by atoms with Gasteiger partial charge in [0.1, 0.15) is 5.70 Å². The average molecular weight is 460 g/mol. The first-order valence-electron chi connectivity index (χ1n) is 8.42. The lowest BCUT2D eigenvalue weighted by Gasteiger charge is -2.33. The van der Waals surface area contributed by atoms with Crippen LogP contribution in [0.1, 0.15) is 18.7 Å². The summed E-state index contributed by atoms with van der Waals surface area (Å²) in [6.07, 6.45) is -0.816. The fourth-order valence-electron chi connectivity index (χ4n) is 3.13. The quantitative estimate of drug-likeness (QED) is 0.560. The topological polar surface area (TPSA) is 100 Å². The molecule has 0 saturated carbocycles. The van der Waals surface area contributed by atoms with Gasteiger partial charge in [0.2, 0.25) is 0 Å². The van der Waals surface area contributed by atoms with E-state index in [1.165, 1.54) is 22.8 Å². The SMILES string of the molecule is CCSC1=NN2C(=c3cc(Br)ccc3=NC2c2ccccc2[N+](=O)[O-])C(=O)N1. The minimum Gasteiger partial charge on any atom is -0.298 e. The monoisotopic (exact) mass is 459 g/mol. The van der Waals surface area contributed by atoms with Gasteiger partial charge in [0.15, 0.2) is 11.3 Å². The van der Waals surface area contributed by atoms with Crippen molar-refractivity contribution in [2.45, 2.75) is 13.1 Å². The van der Waals surface area contributed by atoms with Crippen molar-refractivity contribution in [3.63, 3.8) is 0 Å². The van der Waals surface area contributed by atoms with Crippen LogP contribution in [-0.4, -0.2) is 26.8 Å². The molecule has 2 heterocycles. The zero-order valence-electron chi connectivity index (χ0n) is 14.6. The summed E-state index contributed by atoms with van der Waals surface area (Å²) in [6.45, 7) is 1.95. The summed E-state index contributed by atoms with van der Waals surface area (Å²) in [7, 11) is 0. The van der Waals surface area contributed by atoms with Crippen molar-refractivity contribution in [2.75, 3.05) is 5.75 Å². The molecule has 1 unspecified atom stereocenters. The molecule has 8 nitrogen and oxygen atoms in total. The van der Waals surface area contributed by atoms with Gasteiger partial charge in [-0.25, -0.2) is 5.01 Å². The minimum absolute atomic E-state index is 0.0676. The Balaban J connectivity index is 2.01. The normalized spacial score (nSPS) is 17.9. The maximum atomic E-state index is 12.9. The Labute approximate surface area is 172 Å². The molecule has 0 radical (unpaired) electrons. The number of benzene rings is 2. The molecule has 2 aromatic carbocycles. The smallest absolute Gasteiger partial charge is 0.276 e. The summed E-state index contributed by atoms with van der Waals surface area (Å²) in [5.74, 6) is 0.404. The van der Waals surface area contributed by atoms with Crippen molar-refractivity contribution in [2.24, 2.45) is 10.1 Å². The maximum Gasteiger partial charge on any atom is 0.276 e. The molecule has 0 aliphatic carbocycles. The number of nitrogens with zero attached hydrogens (tertiary/aromatic N) is 4. The number of carbonyl (C=O) groups excluding carboxylic acids is 1. The lowest BCUT2D eigenvalue weighted by Crippen LogP contribution is -2.50. The van der Waals surface area contributed by atoms with Crippen LogP contribution < -0.4 is 15.9 Å². The first-order chi connectivity index (χ1) is 13.5. The van der Waals surface area contributed by atoms with Gasteiger partial charge in [0.25, 0.3) is 11.6 Å². The van der Waals surface area contributed by atoms with Gasteiger partial charge in [0, 0.05) is 15.8 Å². The molecular formula is C18H14BrN5O3S. The number of carbonyl (C=O) groups is 1. The van der Waals surface area contributed by atoms with Crippen LogP contribution in [0, 0.1) is 10.1 Å². The van der Waals surface area contributed by atoms with Gasteiger partial charge < -0.3 is 0 Å². The third-order valence-electron chi connectivity index (χ3n) is 4.26. The van der Waals surface area contributed by atoms with E-state index in [-0.39, 0.29) is 11.6 Å². The Kier molecular flexibility index (Phi) is 4.90. The second kappa shape index (κ2) is 7.36. The molecule has 2 aromatic rings. The molecule has 1 atom stereocenters. The number of rotatable bonds is 3. The third kappa shape index (κ3) is 3.18. The van der Waals surface area contributed by atoms with E-state index in [1.54, 1.807) is 30.3 Å². The lowest BCUT2D eigenvalue weighted by molar-refractivity contribution is -0.385. The molecule has 28 heavy (non-hydrogen) atoms. The summed E-state index contributed by atoms with van der Waals surface area (Å²) >= 11 is 4.80. The third-order valence-corrected chi connectivity index (χ3v) is 5.50. The molecule has 0 fully saturated rings. The average Bonchev–Trinajstić information content (AvgIpc) is 2.67. The number of nitro benzene ring substituents is 1. The summed E-state index contributed by atoms with van der Waals surface area (Å²) in [6, 6.07) is 11.8. The standard InChI is InChI=1S/C18H14BrN5O3S/c1-2-28-18-21-17(25)15-12-9-10(19)7-8-13(12)20-16(23(15)22-18)11-5-3-4-6-14(11)24(26)27/h3-9,16H,2H2,1H3,(H,21,22,25). The number of amides is 1. The van der Waals surface area contributed by atoms with Crippen LogP contribution in [0.25, 0.3) is 5.70 Å². The molecule has 2 aliphatic rings. The van der Waals surface area contributed by atoms with Crippen LogP contribution in [0.15, 0.2) is 57.0 Å². The Bertz CT molecular complexity index is 1150. The number of fused-ring (bicyclic) bond motifs is 2. The maximum absolute atomic E-state index is 12.9. The number of halogens is 1. The number of hydrogen-bond donors (Lipinski definition) is 1. The first-order valence-corrected chi connectivity index (χ1v) is 10.2. The van der Waals surface area contributed by atoms with E-state index in [9.17, 15) is 14.9 Å². The second-order valence-electron chi connectivity index (χ2n) is 5.97. The van der Waals surface area contributed by atoms with Crippen LogP contribution in [0.5, 0.6) is 0 Å². The first kappa shape index (κ1) is 18.6. The Hall–Kier alpha value is -2.72. The zero-order valence-corrected chi connectivity index (χ0v) is 17.0. The van der Waals surface area contributed by atoms with Gasteiger partial charge in [-0.3, -0.25) is 25.2 Å². The lowest BCUT2D eigenvalue weighted by atomic mass is 10.1. The summed E-state index contributed by atoms with van der Waals surface area (Å²) in [5.41, 5.74) is 0.620. The highest BCUT2D eigenvalue weighted by Crippen LogP contribution is 2.35. The van der Waals surface area contributed by atoms with E-state index >= 15 is 0 Å². The van der Waals surface area contributed by atoms with Gasteiger partial charge in [-0.05, 0) is 30.0 Å². The van der Waals surface area contributed by atoms with Gasteiger partial charge >= 0.3 is 0 Å². The largest absolute Gasteiger partial charge is 0.298 e. The van der Waals surface area contributed by atoms with Crippen molar-refractivity contribution in [3.05, 3.63) is 73.2 Å². The minimum atomic E-state index is -0.816. The summed E-state index contributed by atoms with van der Waals surface area (Å²) in [5, 5.41) is 22.0. The Morgan fingerprint density at radius 2 is 2.11 bits per heavy atom. The van der Waals surface area contributed by atoms with Crippen LogP contribution >= 0.6 is 27.7 Å². The van der Waals surface area contributed by atoms with Crippen LogP contribution in [-0.2, 0) is 4.79 Å². The van der Waals surface area contributed by atoms with E-state index in [2.05, 4.69) is 26.3 Å². The molecule has 4 rings (SSSR count). The van der Waals surface area contributed by atoms with Gasteiger partial charge in [-0.2, -0.15) is 0 Å². The molecule has 0 aromatic heterocycles. The molecule has 142 valence electrons. The molecule has 0 spiro atoms. The fourth-order valence-corrected chi connectivity index (χ4v) is 4.07. The number of hydrazone groups is 1. The molecule has 10 heteroatoms. The van der Waals surface area contributed by atoms with Gasteiger partial charge in [-0.15, -0.1) is 5.10 Å². The van der Waals surface area contributed by atoms with E-state index in [0.29, 0.717) is 27.0 Å². The van der Waals surface area contributed by atoms with Crippen molar-refractivity contribution < 1.29 is 9.72 Å². The van der Waals surface area contributed by atoms with E-state index in [1.807, 2.05) is 13.0 Å². The highest BCUT2D eigenvalue weighted by atomic mass is 79.9. The molecule has 1 amide bonds. The summed E-state index contributed by atoms with van der Waals surface area (Å²) < 4.78 is 0.795. The van der Waals surface area contributed by atoms with Gasteiger partial charge in [-0.1, -0.05) is 46.7 Å². The van der Waals surface area contributed by atoms with Crippen molar-refractivity contribution in [1.82, 2.24) is 10.3 Å². The summed E-state index contributed by atoms with van der Waals surface area (Å²) in [4.78, 5) is 28.7. The van der Waals surface area contributed by atoms with Crippen molar-refractivity contribution >= 4 is 50.2 Å². The number of nitrogens with one attached hydrogen (secondary N) is 1. The number of hydrogen-bond acceptors (Lipinski definition) is 7. The van der Waals surface area contributed by atoms with Gasteiger partial charge in [0.05, 0.1) is 15.8 Å². The van der Waals surface area contributed by atoms with Crippen molar-refractivity contribution in [1.29, 1.82) is 0 Å². The molecule has 0 bridgehead atoms. The van der Waals surface area contributed by atoms with E-state index in [4.69, 9.17) is 4.99 Å². The number of thioether (sulfide) groups is 1. The Morgan fingerprint density at radius 3 is 2.86 bits per heavy atom. The van der Waals surface area contributed by atoms with Crippen LogP contribution in [0.2, 0.25) is 0 Å². The molecule has 2 aliphatic heterocycles. The molecule has 0 saturated heterocycles. The Morgan fingerprint density at radius 1 is 1.32 bits per heavy atom. The molecule has 1 N–H and O–H groups in total. The second-order valence-corrected chi connectivity index (χ2v) is 8.13. The highest BCUT2D eigenvalue weighted by molar-refractivity contribution is 9.10. The number of para-hydroxylation sites is 1. The fraction of sp³-hybridized carbons (Fsp3) is 0.167. The predicted octanol–water partition coefficient (Wildman–Crippen LogP) is 2.25. The van der Waals surface area contributed by atoms with E-state index < -0.39 is 11.1 Å². The number of amidine groups is 1. The zero-order chi connectivity index (χ0) is 19.8. The van der Waals surface area contributed by atoms with Crippen molar-refractivity contribution in [3.8, 4) is 0 Å². The number of nitro groups is 1. The molecular weight excluding hydrogens is 446 g/mol.